The van der Waals surface area contributed by atoms with Crippen LogP contribution in [0, 0.1) is 0 Å². The average molecular weight is 286 g/mol. The summed E-state index contributed by atoms with van der Waals surface area (Å²) in [6.45, 7) is -2.53. The number of nitrogens with zero attached hydrogens (tertiary/aromatic N) is 1. The Morgan fingerprint density at radius 3 is 2.56 bits per heavy atom. The van der Waals surface area contributed by atoms with Gasteiger partial charge in [0.2, 0.25) is 0 Å². The Kier molecular flexibility index (Phi) is 5.12. The third-order valence-corrected chi connectivity index (χ3v) is 3.40. The highest BCUT2D eigenvalue weighted by Crippen LogP contribution is 2.19. The highest BCUT2D eigenvalue weighted by atomic mass is 32.2. The number of nitrogens with one attached hydrogen (secondary N) is 1. The highest BCUT2D eigenvalue weighted by Gasteiger charge is 2.34. The van der Waals surface area contributed by atoms with Gasteiger partial charge < -0.3 is 15.3 Å². The number of carbonyl (C=O) groups is 2. The lowest BCUT2D eigenvalue weighted by Crippen LogP contribution is -2.49. The Morgan fingerprint density at radius 2 is 2.11 bits per heavy atom. The third-order valence-electron chi connectivity index (χ3n) is 2.24. The predicted molar refractivity (Wildman–Crippen MR) is 59.5 cm³/mol. The van der Waals surface area contributed by atoms with Gasteiger partial charge in [-0.05, 0) is 12.2 Å². The van der Waals surface area contributed by atoms with E-state index in [1.807, 2.05) is 0 Å². The number of carbonyl (C=O) groups excluding carboxylic acids is 1. The number of carboxylic acids is 1. The standard InChI is InChI=1S/C9H13F3N2O3S/c10-9(11,12)5-14(3-7(15)16)8(17)13-6-1-2-18-4-6/h6H,1-5H2,(H,13,17)(H,15,16). The zero-order valence-corrected chi connectivity index (χ0v) is 10.2. The van der Waals surface area contributed by atoms with E-state index in [2.05, 4.69) is 5.32 Å². The number of halogens is 3. The monoisotopic (exact) mass is 286 g/mol. The van der Waals surface area contributed by atoms with Crippen LogP contribution in [0.2, 0.25) is 0 Å². The molecule has 2 N–H and O–H groups in total. The summed E-state index contributed by atoms with van der Waals surface area (Å²) in [6, 6.07) is -1.17. The molecule has 2 amide bonds. The second kappa shape index (κ2) is 6.17. The van der Waals surface area contributed by atoms with Gasteiger partial charge in [-0.3, -0.25) is 4.79 Å². The molecule has 1 atom stereocenters. The normalized spacial score (nSPS) is 19.6. The number of urea groups is 1. The van der Waals surface area contributed by atoms with Crippen molar-refractivity contribution in [3.05, 3.63) is 0 Å². The quantitative estimate of drug-likeness (QED) is 0.813. The molecule has 0 aromatic rings. The van der Waals surface area contributed by atoms with Crippen molar-refractivity contribution in [2.75, 3.05) is 24.6 Å². The summed E-state index contributed by atoms with van der Waals surface area (Å²) < 4.78 is 36.6. The number of aliphatic carboxylic acids is 1. The minimum absolute atomic E-state index is 0.188. The van der Waals surface area contributed by atoms with Crippen molar-refractivity contribution < 1.29 is 27.9 Å². The number of hydrogen-bond donors (Lipinski definition) is 2. The lowest BCUT2D eigenvalue weighted by molar-refractivity contribution is -0.149. The first kappa shape index (κ1) is 14.9. The molecule has 0 radical (unpaired) electrons. The van der Waals surface area contributed by atoms with Crippen molar-refractivity contribution in [2.24, 2.45) is 0 Å². The van der Waals surface area contributed by atoms with E-state index >= 15 is 0 Å². The van der Waals surface area contributed by atoms with Gasteiger partial charge in [0.05, 0.1) is 0 Å². The van der Waals surface area contributed by atoms with E-state index in [0.29, 0.717) is 12.2 Å². The zero-order valence-electron chi connectivity index (χ0n) is 9.37. The number of carboxylic acid groups (broad SMARTS) is 1. The van der Waals surface area contributed by atoms with Crippen LogP contribution in [-0.4, -0.2) is 58.8 Å². The van der Waals surface area contributed by atoms with Crippen molar-refractivity contribution >= 4 is 23.8 Å². The molecular weight excluding hydrogens is 273 g/mol. The molecule has 0 aliphatic carbocycles. The minimum atomic E-state index is -4.61. The molecule has 104 valence electrons. The van der Waals surface area contributed by atoms with Gasteiger partial charge in [-0.2, -0.15) is 24.9 Å². The van der Waals surface area contributed by atoms with Gasteiger partial charge in [0.15, 0.2) is 0 Å². The summed E-state index contributed by atoms with van der Waals surface area (Å²) >= 11 is 1.59. The molecule has 0 aromatic heterocycles. The second-order valence-electron chi connectivity index (χ2n) is 3.87. The van der Waals surface area contributed by atoms with E-state index in [9.17, 15) is 22.8 Å². The second-order valence-corrected chi connectivity index (χ2v) is 5.02. The molecule has 1 fully saturated rings. The lowest BCUT2D eigenvalue weighted by atomic mass is 10.3. The molecule has 1 heterocycles. The van der Waals surface area contributed by atoms with E-state index in [1.54, 1.807) is 11.8 Å². The molecule has 1 aliphatic heterocycles. The topological polar surface area (TPSA) is 69.6 Å². The third kappa shape index (κ3) is 5.48. The molecule has 9 heteroatoms. The maximum atomic E-state index is 12.2. The first-order valence-electron chi connectivity index (χ1n) is 5.19. The van der Waals surface area contributed by atoms with Gasteiger partial charge in [0, 0.05) is 11.8 Å². The lowest BCUT2D eigenvalue weighted by Gasteiger charge is -2.24. The van der Waals surface area contributed by atoms with Gasteiger partial charge in [-0.15, -0.1) is 0 Å². The molecule has 1 aliphatic rings. The maximum Gasteiger partial charge on any atom is 0.406 e. The van der Waals surface area contributed by atoms with Crippen molar-refractivity contribution in [2.45, 2.75) is 18.6 Å². The Labute approximate surface area is 106 Å². The Balaban J connectivity index is 2.56. The SMILES string of the molecule is O=C(O)CN(CC(F)(F)F)C(=O)NC1CCSC1. The minimum Gasteiger partial charge on any atom is -0.480 e. The van der Waals surface area contributed by atoms with Crippen LogP contribution in [0.5, 0.6) is 0 Å². The fourth-order valence-corrected chi connectivity index (χ4v) is 2.65. The zero-order chi connectivity index (χ0) is 13.8. The number of hydrogen-bond acceptors (Lipinski definition) is 3. The summed E-state index contributed by atoms with van der Waals surface area (Å²) in [5.41, 5.74) is 0. The molecule has 1 saturated heterocycles. The van der Waals surface area contributed by atoms with Crippen LogP contribution in [0.3, 0.4) is 0 Å². The first-order chi connectivity index (χ1) is 8.28. The molecular formula is C9H13F3N2O3S. The molecule has 0 aromatic carbocycles. The summed E-state index contributed by atoms with van der Waals surface area (Å²) in [5, 5.41) is 10.9. The first-order valence-corrected chi connectivity index (χ1v) is 6.35. The highest BCUT2D eigenvalue weighted by molar-refractivity contribution is 7.99. The summed E-state index contributed by atoms with van der Waals surface area (Å²) in [5.74, 6) is -0.00264. The van der Waals surface area contributed by atoms with Gasteiger partial charge in [-0.1, -0.05) is 0 Å². The van der Waals surface area contributed by atoms with Crippen LogP contribution in [0.25, 0.3) is 0 Å². The van der Waals surface area contributed by atoms with Crippen molar-refractivity contribution in [1.29, 1.82) is 0 Å². The van der Waals surface area contributed by atoms with Gasteiger partial charge in [0.1, 0.15) is 13.1 Å². The molecule has 0 saturated carbocycles. The van der Waals surface area contributed by atoms with Crippen molar-refractivity contribution in [3.63, 3.8) is 0 Å². The summed E-state index contributed by atoms with van der Waals surface area (Å²) in [6.07, 6.45) is -3.93. The fraction of sp³-hybridized carbons (Fsp3) is 0.778. The molecule has 18 heavy (non-hydrogen) atoms. The Hall–Kier alpha value is -1.12. The Morgan fingerprint density at radius 1 is 1.44 bits per heavy atom. The van der Waals surface area contributed by atoms with E-state index in [-0.39, 0.29) is 10.9 Å². The maximum absolute atomic E-state index is 12.2. The fourth-order valence-electron chi connectivity index (χ4n) is 1.49. The van der Waals surface area contributed by atoms with Crippen LogP contribution < -0.4 is 5.32 Å². The van der Waals surface area contributed by atoms with Crippen molar-refractivity contribution in [3.8, 4) is 0 Å². The van der Waals surface area contributed by atoms with Crippen LogP contribution in [0.1, 0.15) is 6.42 Å². The number of rotatable bonds is 4. The molecule has 0 bridgehead atoms. The van der Waals surface area contributed by atoms with E-state index < -0.39 is 31.3 Å². The number of alkyl halides is 3. The smallest absolute Gasteiger partial charge is 0.406 e. The van der Waals surface area contributed by atoms with Crippen LogP contribution in [0.15, 0.2) is 0 Å². The predicted octanol–water partition coefficient (Wildman–Crippen LogP) is 1.15. The van der Waals surface area contributed by atoms with Gasteiger partial charge >= 0.3 is 18.2 Å². The van der Waals surface area contributed by atoms with Crippen LogP contribution in [-0.2, 0) is 4.79 Å². The van der Waals surface area contributed by atoms with Gasteiger partial charge in [0.25, 0.3) is 0 Å². The largest absolute Gasteiger partial charge is 0.480 e. The Bertz CT molecular complexity index is 319. The summed E-state index contributed by atoms with van der Waals surface area (Å²) in [7, 11) is 0. The average Bonchev–Trinajstić information content (AvgIpc) is 2.66. The van der Waals surface area contributed by atoms with Crippen LogP contribution >= 0.6 is 11.8 Å². The van der Waals surface area contributed by atoms with Crippen molar-refractivity contribution in [1.82, 2.24) is 10.2 Å². The summed E-state index contributed by atoms with van der Waals surface area (Å²) in [4.78, 5) is 22.3. The molecule has 1 rings (SSSR count). The number of amides is 2. The number of thioether (sulfide) groups is 1. The molecule has 5 nitrogen and oxygen atoms in total. The van der Waals surface area contributed by atoms with E-state index in [4.69, 9.17) is 5.11 Å². The van der Waals surface area contributed by atoms with Gasteiger partial charge in [-0.25, -0.2) is 4.79 Å². The van der Waals surface area contributed by atoms with Crippen LogP contribution in [0.4, 0.5) is 18.0 Å². The van der Waals surface area contributed by atoms with E-state index in [1.165, 1.54) is 0 Å². The molecule has 1 unspecified atom stereocenters. The van der Waals surface area contributed by atoms with E-state index in [0.717, 1.165) is 5.75 Å². The molecule has 0 spiro atoms.